The summed E-state index contributed by atoms with van der Waals surface area (Å²) in [4.78, 5) is 13.5. The van der Waals surface area contributed by atoms with Gasteiger partial charge in [-0.25, -0.2) is 0 Å². The van der Waals surface area contributed by atoms with Gasteiger partial charge in [0.05, 0.1) is 22.6 Å². The van der Waals surface area contributed by atoms with Crippen molar-refractivity contribution in [1.82, 2.24) is 4.90 Å². The maximum absolute atomic E-state index is 12.0. The van der Waals surface area contributed by atoms with E-state index in [0.717, 1.165) is 4.47 Å². The zero-order chi connectivity index (χ0) is 13.0. The molecule has 0 aromatic heterocycles. The Balaban J connectivity index is 2.86. The second-order valence-corrected chi connectivity index (χ2v) is 5.16. The average Bonchev–Trinajstić information content (AvgIpc) is 2.28. The zero-order valence-corrected chi connectivity index (χ0v) is 11.9. The van der Waals surface area contributed by atoms with Gasteiger partial charge in [-0.3, -0.25) is 4.79 Å². The van der Waals surface area contributed by atoms with Crippen molar-refractivity contribution in [2.75, 3.05) is 13.6 Å². The van der Waals surface area contributed by atoms with Crippen molar-refractivity contribution < 1.29 is 4.79 Å². The van der Waals surface area contributed by atoms with Gasteiger partial charge in [0, 0.05) is 18.1 Å². The number of nitriles is 1. The molecule has 0 saturated heterocycles. The molecule has 0 bridgehead atoms. The van der Waals surface area contributed by atoms with Crippen molar-refractivity contribution in [3.05, 3.63) is 33.3 Å². The predicted octanol–water partition coefficient (Wildman–Crippen LogP) is 3.33. The molecular formula is C12H12BrClN2O. The van der Waals surface area contributed by atoms with Gasteiger partial charge in [0.2, 0.25) is 0 Å². The molecule has 0 fully saturated rings. The lowest BCUT2D eigenvalue weighted by molar-refractivity contribution is 0.0785. The predicted molar refractivity (Wildman–Crippen MR) is 70.9 cm³/mol. The van der Waals surface area contributed by atoms with Crippen LogP contribution in [0.2, 0.25) is 5.02 Å². The molecule has 0 radical (unpaired) electrons. The number of hydrogen-bond acceptors (Lipinski definition) is 2. The number of hydrogen-bond donors (Lipinski definition) is 0. The molecule has 1 rings (SSSR count). The standard InChI is InChI=1S/C12H12BrClN2O/c1-8(6-15)7-16(2)12(17)10-4-3-9(13)5-11(10)14/h3-5,8H,7H2,1-2H3. The third-order valence-electron chi connectivity index (χ3n) is 2.28. The Bertz CT molecular complexity index is 470. The Kier molecular flexibility index (Phi) is 4.98. The summed E-state index contributed by atoms with van der Waals surface area (Å²) in [7, 11) is 1.66. The minimum atomic E-state index is -0.196. The Morgan fingerprint density at radius 2 is 2.29 bits per heavy atom. The van der Waals surface area contributed by atoms with Gasteiger partial charge >= 0.3 is 0 Å². The van der Waals surface area contributed by atoms with Crippen molar-refractivity contribution in [3.8, 4) is 6.07 Å². The van der Waals surface area contributed by atoms with Crippen LogP contribution >= 0.6 is 27.5 Å². The van der Waals surface area contributed by atoms with Crippen LogP contribution in [-0.2, 0) is 0 Å². The molecule has 3 nitrogen and oxygen atoms in total. The number of rotatable bonds is 3. The summed E-state index contributed by atoms with van der Waals surface area (Å²) in [5, 5.41) is 9.11. The summed E-state index contributed by atoms with van der Waals surface area (Å²) in [5.74, 6) is -0.372. The van der Waals surface area contributed by atoms with Crippen molar-refractivity contribution in [2.45, 2.75) is 6.92 Å². The van der Waals surface area contributed by atoms with Crippen molar-refractivity contribution >= 4 is 33.4 Å². The first kappa shape index (κ1) is 14.0. The average molecular weight is 316 g/mol. The molecule has 17 heavy (non-hydrogen) atoms. The van der Waals surface area contributed by atoms with E-state index in [1.54, 1.807) is 32.2 Å². The van der Waals surface area contributed by atoms with E-state index in [0.29, 0.717) is 17.1 Å². The summed E-state index contributed by atoms with van der Waals surface area (Å²) >= 11 is 9.28. The van der Waals surface area contributed by atoms with E-state index in [1.165, 1.54) is 4.90 Å². The third kappa shape index (κ3) is 3.72. The lowest BCUT2D eigenvalue weighted by atomic mass is 10.1. The summed E-state index contributed by atoms with van der Waals surface area (Å²) in [6.07, 6.45) is 0. The Morgan fingerprint density at radius 1 is 1.65 bits per heavy atom. The summed E-state index contributed by atoms with van der Waals surface area (Å²) in [5.41, 5.74) is 0.447. The Hall–Kier alpha value is -1.05. The van der Waals surface area contributed by atoms with Crippen LogP contribution in [0.5, 0.6) is 0 Å². The van der Waals surface area contributed by atoms with E-state index in [1.807, 2.05) is 0 Å². The SMILES string of the molecule is CC(C#N)CN(C)C(=O)c1ccc(Br)cc1Cl. The van der Waals surface area contributed by atoms with E-state index in [2.05, 4.69) is 22.0 Å². The number of halogens is 2. The molecule has 0 heterocycles. The second kappa shape index (κ2) is 6.04. The number of amides is 1. The minimum absolute atomic E-state index is 0.176. The van der Waals surface area contributed by atoms with E-state index in [9.17, 15) is 4.79 Å². The van der Waals surface area contributed by atoms with Crippen LogP contribution in [0.15, 0.2) is 22.7 Å². The van der Waals surface area contributed by atoms with Gasteiger partial charge in [-0.15, -0.1) is 0 Å². The normalized spacial score (nSPS) is 11.7. The fourth-order valence-electron chi connectivity index (χ4n) is 1.40. The first-order valence-corrected chi connectivity index (χ1v) is 6.23. The van der Waals surface area contributed by atoms with Crippen LogP contribution in [-0.4, -0.2) is 24.4 Å². The second-order valence-electron chi connectivity index (χ2n) is 3.84. The molecule has 0 saturated carbocycles. The monoisotopic (exact) mass is 314 g/mol. The number of carbonyl (C=O) groups is 1. The maximum Gasteiger partial charge on any atom is 0.255 e. The minimum Gasteiger partial charge on any atom is -0.340 e. The summed E-state index contributed by atoms with van der Waals surface area (Å²) in [6.45, 7) is 2.16. The highest BCUT2D eigenvalue weighted by molar-refractivity contribution is 9.10. The van der Waals surface area contributed by atoms with E-state index in [4.69, 9.17) is 16.9 Å². The van der Waals surface area contributed by atoms with Gasteiger partial charge in [0.15, 0.2) is 0 Å². The highest BCUT2D eigenvalue weighted by Crippen LogP contribution is 2.22. The zero-order valence-electron chi connectivity index (χ0n) is 9.58. The van der Waals surface area contributed by atoms with Gasteiger partial charge in [0.25, 0.3) is 5.91 Å². The molecule has 1 aromatic rings. The molecule has 0 aliphatic carbocycles. The van der Waals surface area contributed by atoms with Crippen LogP contribution in [0, 0.1) is 17.2 Å². The smallest absolute Gasteiger partial charge is 0.255 e. The molecule has 0 N–H and O–H groups in total. The highest BCUT2D eigenvalue weighted by Gasteiger charge is 2.16. The van der Waals surface area contributed by atoms with Crippen LogP contribution in [0.4, 0.5) is 0 Å². The number of benzene rings is 1. The maximum atomic E-state index is 12.0. The van der Waals surface area contributed by atoms with E-state index in [-0.39, 0.29) is 11.8 Å². The molecule has 0 aliphatic heterocycles. The number of carbonyl (C=O) groups excluding carboxylic acids is 1. The number of nitrogens with zero attached hydrogens (tertiary/aromatic N) is 2. The summed E-state index contributed by atoms with van der Waals surface area (Å²) in [6, 6.07) is 7.20. The van der Waals surface area contributed by atoms with Crippen LogP contribution in [0.25, 0.3) is 0 Å². The lowest BCUT2D eigenvalue weighted by Gasteiger charge is -2.18. The van der Waals surface area contributed by atoms with E-state index < -0.39 is 0 Å². The van der Waals surface area contributed by atoms with Crippen LogP contribution < -0.4 is 0 Å². The van der Waals surface area contributed by atoms with Gasteiger partial charge in [-0.2, -0.15) is 5.26 Å². The quantitative estimate of drug-likeness (QED) is 0.858. The Labute approximate surface area is 114 Å². The Morgan fingerprint density at radius 3 is 2.82 bits per heavy atom. The molecule has 1 unspecified atom stereocenters. The fraction of sp³-hybridized carbons (Fsp3) is 0.333. The molecule has 0 aliphatic rings. The third-order valence-corrected chi connectivity index (χ3v) is 3.08. The van der Waals surface area contributed by atoms with Crippen LogP contribution in [0.3, 0.4) is 0 Å². The molecule has 1 aromatic carbocycles. The molecule has 5 heteroatoms. The lowest BCUT2D eigenvalue weighted by Crippen LogP contribution is -2.30. The fourth-order valence-corrected chi connectivity index (χ4v) is 2.16. The largest absolute Gasteiger partial charge is 0.340 e. The topological polar surface area (TPSA) is 44.1 Å². The first-order valence-electron chi connectivity index (χ1n) is 5.06. The van der Waals surface area contributed by atoms with Gasteiger partial charge < -0.3 is 4.90 Å². The molecular weight excluding hydrogens is 304 g/mol. The molecule has 1 amide bonds. The van der Waals surface area contributed by atoms with Gasteiger partial charge in [-0.1, -0.05) is 27.5 Å². The first-order chi connectivity index (χ1) is 7.95. The van der Waals surface area contributed by atoms with Crippen molar-refractivity contribution in [2.24, 2.45) is 5.92 Å². The van der Waals surface area contributed by atoms with Gasteiger partial charge in [0.1, 0.15) is 0 Å². The summed E-state index contributed by atoms with van der Waals surface area (Å²) < 4.78 is 0.826. The van der Waals surface area contributed by atoms with Gasteiger partial charge in [-0.05, 0) is 25.1 Å². The molecule has 0 spiro atoms. The van der Waals surface area contributed by atoms with Crippen LogP contribution in [0.1, 0.15) is 17.3 Å². The highest BCUT2D eigenvalue weighted by atomic mass is 79.9. The molecule has 90 valence electrons. The van der Waals surface area contributed by atoms with Crippen molar-refractivity contribution in [1.29, 1.82) is 5.26 Å². The molecule has 1 atom stereocenters. The van der Waals surface area contributed by atoms with E-state index >= 15 is 0 Å². The van der Waals surface area contributed by atoms with Crippen molar-refractivity contribution in [3.63, 3.8) is 0 Å².